The number of pyridine rings is 1. The lowest BCUT2D eigenvalue weighted by molar-refractivity contribution is -0.141. The minimum absolute atomic E-state index is 0.0966. The van der Waals surface area contributed by atoms with Gasteiger partial charge in [0, 0.05) is 0 Å². The van der Waals surface area contributed by atoms with Crippen molar-refractivity contribution in [1.82, 2.24) is 9.97 Å². The van der Waals surface area contributed by atoms with Gasteiger partial charge in [-0.1, -0.05) is 0 Å². The topological polar surface area (TPSA) is 82.0 Å². The summed E-state index contributed by atoms with van der Waals surface area (Å²) in [5, 5.41) is -0.0992. The lowest BCUT2D eigenvalue weighted by Crippen LogP contribution is -2.16. The first kappa shape index (κ1) is 15.4. The predicted molar refractivity (Wildman–Crippen MR) is 67.9 cm³/mol. The van der Waals surface area contributed by atoms with Crippen molar-refractivity contribution in [2.75, 3.05) is 0 Å². The highest BCUT2D eigenvalue weighted by Gasteiger charge is 2.33. The fraction of sp³-hybridized carbons (Fsp3) is 0.250. The van der Waals surface area contributed by atoms with Crippen LogP contribution in [0.5, 0.6) is 0 Å². The van der Waals surface area contributed by atoms with Crippen LogP contribution in [0, 0.1) is 13.8 Å². The van der Waals surface area contributed by atoms with Crippen molar-refractivity contribution in [3.8, 4) is 0 Å². The Morgan fingerprint density at radius 3 is 2.43 bits per heavy atom. The smallest absolute Gasteiger partial charge is 0.433 e. The van der Waals surface area contributed by atoms with Gasteiger partial charge in [-0.3, -0.25) is 4.79 Å². The second-order valence-electron chi connectivity index (χ2n) is 4.13. The molecule has 0 aliphatic heterocycles. The number of rotatable bonds is 3. The zero-order chi connectivity index (χ0) is 15.8. The number of aromatic nitrogens is 2. The summed E-state index contributed by atoms with van der Waals surface area (Å²) >= 11 is 0.718. The number of alkyl halides is 3. The van der Waals surface area contributed by atoms with Gasteiger partial charge in [0.25, 0.3) is 11.1 Å². The van der Waals surface area contributed by atoms with E-state index in [2.05, 4.69) is 9.97 Å². The molecule has 5 nitrogen and oxygen atoms in total. The molecule has 2 aromatic rings. The first-order chi connectivity index (χ1) is 9.68. The molecule has 0 atom stereocenters. The lowest BCUT2D eigenvalue weighted by atomic mass is 10.2. The molecule has 0 bridgehead atoms. The summed E-state index contributed by atoms with van der Waals surface area (Å²) in [7, 11) is 0. The molecule has 2 aromatic heterocycles. The number of hydrogen-bond acceptors (Lipinski definition) is 5. The first-order valence-corrected chi connectivity index (χ1v) is 6.50. The molecule has 9 heteroatoms. The van der Waals surface area contributed by atoms with Crippen molar-refractivity contribution >= 4 is 17.7 Å². The van der Waals surface area contributed by atoms with Crippen LogP contribution in [0.15, 0.2) is 26.8 Å². The summed E-state index contributed by atoms with van der Waals surface area (Å²) in [6, 6.07) is 1.69. The van der Waals surface area contributed by atoms with E-state index in [9.17, 15) is 18.0 Å². The predicted octanol–water partition coefficient (Wildman–Crippen LogP) is 2.96. The van der Waals surface area contributed by atoms with Crippen molar-refractivity contribution in [3.63, 3.8) is 0 Å². The Labute approximate surface area is 121 Å². The third-order valence-corrected chi connectivity index (χ3v) is 3.46. The fourth-order valence-corrected chi connectivity index (χ4v) is 2.37. The zero-order valence-corrected chi connectivity index (χ0v) is 11.8. The van der Waals surface area contributed by atoms with Gasteiger partial charge in [-0.2, -0.15) is 13.2 Å². The molecule has 0 unspecified atom stereocenters. The maximum atomic E-state index is 12.7. The minimum Gasteiger partial charge on any atom is -0.436 e. The molecule has 0 fully saturated rings. The van der Waals surface area contributed by atoms with Gasteiger partial charge in [-0.05, 0) is 37.7 Å². The van der Waals surface area contributed by atoms with Gasteiger partial charge in [-0.25, -0.2) is 9.97 Å². The number of oxazole rings is 1. The van der Waals surface area contributed by atoms with Gasteiger partial charge < -0.3 is 10.2 Å². The van der Waals surface area contributed by atoms with Crippen LogP contribution in [-0.4, -0.2) is 15.9 Å². The lowest BCUT2D eigenvalue weighted by Gasteiger charge is -2.09. The molecule has 21 heavy (non-hydrogen) atoms. The maximum Gasteiger partial charge on any atom is 0.433 e. The second-order valence-corrected chi connectivity index (χ2v) is 5.07. The van der Waals surface area contributed by atoms with Crippen LogP contribution in [0.4, 0.5) is 13.2 Å². The molecule has 0 aromatic carbocycles. The molecular formula is C12H10F3N3O2S. The van der Waals surface area contributed by atoms with Gasteiger partial charge in [-0.15, -0.1) is 0 Å². The third-order valence-electron chi connectivity index (χ3n) is 2.61. The average Bonchev–Trinajstić information content (AvgIpc) is 2.66. The summed E-state index contributed by atoms with van der Waals surface area (Å²) in [6.07, 6.45) is -4.62. The van der Waals surface area contributed by atoms with E-state index in [1.165, 1.54) is 0 Å². The Bertz CT molecular complexity index is 678. The van der Waals surface area contributed by atoms with E-state index in [-0.39, 0.29) is 15.8 Å². The van der Waals surface area contributed by atoms with Crippen molar-refractivity contribution in [2.45, 2.75) is 30.3 Å². The molecule has 0 spiro atoms. The summed E-state index contributed by atoms with van der Waals surface area (Å²) in [5.74, 6) is -0.344. The van der Waals surface area contributed by atoms with Crippen LogP contribution in [0.3, 0.4) is 0 Å². The maximum absolute atomic E-state index is 12.7. The van der Waals surface area contributed by atoms with Gasteiger partial charge in [0.1, 0.15) is 16.5 Å². The van der Waals surface area contributed by atoms with Gasteiger partial charge in [0.05, 0.1) is 11.3 Å². The van der Waals surface area contributed by atoms with Crippen LogP contribution in [-0.2, 0) is 6.18 Å². The van der Waals surface area contributed by atoms with Gasteiger partial charge in [0.2, 0.25) is 0 Å². The van der Waals surface area contributed by atoms with E-state index in [4.69, 9.17) is 10.2 Å². The average molecular weight is 317 g/mol. The van der Waals surface area contributed by atoms with Gasteiger partial charge >= 0.3 is 6.18 Å². The SMILES string of the molecule is Cc1nc(Sc2nc(C(F)(F)F)ccc2C(N)=O)oc1C. The highest BCUT2D eigenvalue weighted by molar-refractivity contribution is 7.99. The molecule has 0 radical (unpaired) electrons. The number of primary amides is 1. The quantitative estimate of drug-likeness (QED) is 0.941. The second kappa shape index (κ2) is 5.40. The highest BCUT2D eigenvalue weighted by atomic mass is 32.2. The third kappa shape index (κ3) is 3.35. The van der Waals surface area contributed by atoms with Crippen LogP contribution < -0.4 is 5.73 Å². The zero-order valence-electron chi connectivity index (χ0n) is 11.0. The van der Waals surface area contributed by atoms with Crippen LogP contribution >= 0.6 is 11.8 Å². The number of halogens is 3. The number of hydrogen-bond donors (Lipinski definition) is 1. The van der Waals surface area contributed by atoms with E-state index < -0.39 is 17.8 Å². The molecule has 0 aliphatic rings. The normalized spacial score (nSPS) is 11.7. The van der Waals surface area contributed by atoms with Crippen molar-refractivity contribution in [3.05, 3.63) is 34.8 Å². The van der Waals surface area contributed by atoms with E-state index in [0.717, 1.165) is 17.8 Å². The van der Waals surface area contributed by atoms with Crippen molar-refractivity contribution < 1.29 is 22.4 Å². The summed E-state index contributed by atoms with van der Waals surface area (Å²) in [5.41, 5.74) is 4.50. The Morgan fingerprint density at radius 2 is 1.95 bits per heavy atom. The molecular weight excluding hydrogens is 307 g/mol. The van der Waals surface area contributed by atoms with E-state index in [0.29, 0.717) is 17.5 Å². The molecule has 2 rings (SSSR count). The van der Waals surface area contributed by atoms with Crippen molar-refractivity contribution in [2.24, 2.45) is 5.73 Å². The molecule has 0 saturated carbocycles. The van der Waals surface area contributed by atoms with Crippen molar-refractivity contribution in [1.29, 1.82) is 0 Å². The molecule has 2 N–H and O–H groups in total. The Hall–Kier alpha value is -2.03. The molecule has 112 valence electrons. The number of carbonyl (C=O) groups is 1. The Morgan fingerprint density at radius 1 is 1.29 bits per heavy atom. The number of aryl methyl sites for hydroxylation is 2. The number of carbonyl (C=O) groups excluding carboxylic acids is 1. The number of nitrogens with zero attached hydrogens (tertiary/aromatic N) is 2. The minimum atomic E-state index is -4.62. The first-order valence-electron chi connectivity index (χ1n) is 5.68. The van der Waals surface area contributed by atoms with Crippen LogP contribution in [0.25, 0.3) is 0 Å². The standard InChI is InChI=1S/C12H10F3N3O2S/c1-5-6(2)20-11(17-5)21-10-7(9(16)19)3-4-8(18-10)12(13,14)15/h3-4H,1-2H3,(H2,16,19). The Kier molecular flexibility index (Phi) is 3.95. The number of nitrogens with two attached hydrogens (primary N) is 1. The highest BCUT2D eigenvalue weighted by Crippen LogP contribution is 2.33. The largest absolute Gasteiger partial charge is 0.436 e. The molecule has 0 aliphatic carbocycles. The fourth-order valence-electron chi connectivity index (χ4n) is 1.43. The Balaban J connectivity index is 2.46. The molecule has 1 amide bonds. The van der Waals surface area contributed by atoms with E-state index >= 15 is 0 Å². The van der Waals surface area contributed by atoms with E-state index in [1.807, 2.05) is 0 Å². The summed E-state index contributed by atoms with van der Waals surface area (Å²) in [4.78, 5) is 18.7. The van der Waals surface area contributed by atoms with Crippen LogP contribution in [0.2, 0.25) is 0 Å². The van der Waals surface area contributed by atoms with Crippen LogP contribution in [0.1, 0.15) is 27.5 Å². The monoisotopic (exact) mass is 317 g/mol. The molecule has 0 saturated heterocycles. The number of amides is 1. The summed E-state index contributed by atoms with van der Waals surface area (Å²) in [6.45, 7) is 3.36. The summed E-state index contributed by atoms with van der Waals surface area (Å²) < 4.78 is 43.3. The van der Waals surface area contributed by atoms with Gasteiger partial charge in [0.15, 0.2) is 0 Å². The molecule has 2 heterocycles. The van der Waals surface area contributed by atoms with E-state index in [1.54, 1.807) is 13.8 Å².